The zero-order valence-corrected chi connectivity index (χ0v) is 24.1. The molecule has 2 rings (SSSR count). The summed E-state index contributed by atoms with van der Waals surface area (Å²) in [5, 5.41) is 0. The van der Waals surface area contributed by atoms with E-state index in [1.165, 1.54) is 0 Å². The van der Waals surface area contributed by atoms with Gasteiger partial charge < -0.3 is 13.3 Å². The summed E-state index contributed by atoms with van der Waals surface area (Å²) < 4.78 is 47.3. The van der Waals surface area contributed by atoms with Crippen molar-refractivity contribution in [2.24, 2.45) is 5.41 Å². The molecule has 1 fully saturated rings. The molecule has 0 aliphatic heterocycles. The largest absolute Gasteiger partial charge is 0.500 e. The number of carbonyl (C=O) groups excluding carboxylic acids is 1. The molecule has 0 amide bonds. The molecule has 1 saturated carbocycles. The third kappa shape index (κ3) is 8.47. The Morgan fingerprint density at radius 2 is 1.60 bits per heavy atom. The fourth-order valence-corrected chi connectivity index (χ4v) is 7.74. The van der Waals surface area contributed by atoms with Crippen molar-refractivity contribution in [2.45, 2.75) is 102 Å². The summed E-state index contributed by atoms with van der Waals surface area (Å²) in [6.45, 7) is 6.07. The second kappa shape index (κ2) is 13.4. The maximum atomic E-state index is 13.1. The minimum atomic E-state index is -3.77. The number of rotatable bonds is 15. The van der Waals surface area contributed by atoms with Crippen LogP contribution >= 0.6 is 0 Å². The van der Waals surface area contributed by atoms with E-state index < -0.39 is 24.3 Å². The van der Waals surface area contributed by atoms with Crippen molar-refractivity contribution >= 4 is 24.7 Å². The molecule has 0 radical (unpaired) electrons. The van der Waals surface area contributed by atoms with Crippen molar-refractivity contribution in [1.82, 2.24) is 0 Å². The highest BCUT2D eigenvalue weighted by Crippen LogP contribution is 2.36. The van der Waals surface area contributed by atoms with Crippen molar-refractivity contribution in [2.75, 3.05) is 21.3 Å². The molecule has 1 aliphatic carbocycles. The predicted octanol–water partition coefficient (Wildman–Crippen LogP) is 5.86. The van der Waals surface area contributed by atoms with Gasteiger partial charge in [-0.3, -0.25) is 8.98 Å². The molecule has 0 spiro atoms. The van der Waals surface area contributed by atoms with E-state index in [9.17, 15) is 13.2 Å². The van der Waals surface area contributed by atoms with Gasteiger partial charge in [-0.15, -0.1) is 0 Å². The Bertz CT molecular complexity index is 881. The van der Waals surface area contributed by atoms with Crippen LogP contribution in [0.15, 0.2) is 29.2 Å². The van der Waals surface area contributed by atoms with Crippen LogP contribution in [0.2, 0.25) is 6.04 Å². The van der Waals surface area contributed by atoms with E-state index >= 15 is 0 Å². The molecule has 0 bridgehead atoms. The van der Waals surface area contributed by atoms with Crippen LogP contribution in [0, 0.1) is 5.41 Å². The Labute approximate surface area is 213 Å². The maximum absolute atomic E-state index is 13.1. The Balaban J connectivity index is 2.00. The van der Waals surface area contributed by atoms with Gasteiger partial charge in [-0.25, -0.2) is 0 Å². The van der Waals surface area contributed by atoms with Gasteiger partial charge in [0.05, 0.1) is 11.0 Å². The van der Waals surface area contributed by atoms with Gasteiger partial charge in [0.2, 0.25) is 0 Å². The Kier molecular flexibility index (Phi) is 11.6. The molecule has 1 unspecified atom stereocenters. The standard InChI is InChI=1S/C26H44O7SSi/c1-7-21(20-26(2,3)25(27)14-11-19-35(30-4,31-5)32-6)22-15-17-24(18-16-22)34(28,29)33-23-12-9-8-10-13-23/h15-18,21,23H,7-14,19-20H2,1-6H3. The average Bonchev–Trinajstić information content (AvgIpc) is 2.86. The van der Waals surface area contributed by atoms with Crippen LogP contribution in [0.5, 0.6) is 0 Å². The topological polar surface area (TPSA) is 88.1 Å². The fraction of sp³-hybridized carbons (Fsp3) is 0.731. The molecular weight excluding hydrogens is 484 g/mol. The predicted molar refractivity (Wildman–Crippen MR) is 139 cm³/mol. The van der Waals surface area contributed by atoms with Gasteiger partial charge in [0.25, 0.3) is 10.1 Å². The summed E-state index contributed by atoms with van der Waals surface area (Å²) in [6, 6.07) is 7.59. The van der Waals surface area contributed by atoms with E-state index in [4.69, 9.17) is 17.5 Å². The molecule has 1 aliphatic rings. The summed E-state index contributed by atoms with van der Waals surface area (Å²) in [4.78, 5) is 13.3. The number of Topliss-reactive ketones (excluding diaryl/α,β-unsaturated/α-hetero) is 1. The summed E-state index contributed by atoms with van der Waals surface area (Å²) >= 11 is 0. The van der Waals surface area contributed by atoms with Gasteiger partial charge in [0, 0.05) is 39.2 Å². The maximum Gasteiger partial charge on any atom is 0.500 e. The molecule has 1 aromatic rings. The zero-order valence-electron chi connectivity index (χ0n) is 22.3. The summed E-state index contributed by atoms with van der Waals surface area (Å²) in [6.07, 6.45) is 7.17. The molecule has 1 aromatic carbocycles. The number of ketones is 1. The van der Waals surface area contributed by atoms with E-state index in [2.05, 4.69) is 6.92 Å². The fourth-order valence-electron chi connectivity index (χ4n) is 4.89. The molecular formula is C26H44O7SSi. The number of hydrogen-bond acceptors (Lipinski definition) is 7. The van der Waals surface area contributed by atoms with Crippen molar-refractivity contribution in [3.8, 4) is 0 Å². The van der Waals surface area contributed by atoms with Gasteiger partial charge in [0.15, 0.2) is 0 Å². The third-order valence-corrected chi connectivity index (χ3v) is 11.5. The second-order valence-corrected chi connectivity index (χ2v) is 14.8. The van der Waals surface area contributed by atoms with Crippen molar-refractivity contribution in [3.63, 3.8) is 0 Å². The molecule has 200 valence electrons. The van der Waals surface area contributed by atoms with Crippen molar-refractivity contribution in [1.29, 1.82) is 0 Å². The quantitative estimate of drug-likeness (QED) is 0.208. The molecule has 0 saturated heterocycles. The summed E-state index contributed by atoms with van der Waals surface area (Å²) in [5.41, 5.74) is 0.530. The summed E-state index contributed by atoms with van der Waals surface area (Å²) in [7, 11) is -1.71. The van der Waals surface area contributed by atoms with Gasteiger partial charge in [0.1, 0.15) is 5.78 Å². The highest BCUT2D eigenvalue weighted by atomic mass is 32.2. The van der Waals surface area contributed by atoms with Gasteiger partial charge in [-0.2, -0.15) is 8.42 Å². The highest BCUT2D eigenvalue weighted by Gasteiger charge is 2.38. The van der Waals surface area contributed by atoms with Crippen molar-refractivity contribution in [3.05, 3.63) is 29.8 Å². The van der Waals surface area contributed by atoms with Crippen LogP contribution in [0.25, 0.3) is 0 Å². The average molecular weight is 529 g/mol. The van der Waals surface area contributed by atoms with Gasteiger partial charge >= 0.3 is 8.80 Å². The normalized spacial score (nSPS) is 16.9. The molecule has 0 heterocycles. The van der Waals surface area contributed by atoms with Crippen LogP contribution in [0.1, 0.15) is 90.0 Å². The van der Waals surface area contributed by atoms with Crippen LogP contribution in [-0.4, -0.2) is 50.4 Å². The first-order valence-electron chi connectivity index (χ1n) is 12.7. The summed E-state index contributed by atoms with van der Waals surface area (Å²) in [5.74, 6) is 0.345. The van der Waals surface area contributed by atoms with E-state index in [0.717, 1.165) is 44.1 Å². The first-order valence-corrected chi connectivity index (χ1v) is 16.1. The van der Waals surface area contributed by atoms with Crippen LogP contribution in [0.4, 0.5) is 0 Å². The molecule has 9 heteroatoms. The van der Waals surface area contributed by atoms with E-state index in [1.54, 1.807) is 33.5 Å². The van der Waals surface area contributed by atoms with Crippen molar-refractivity contribution < 1.29 is 30.7 Å². The number of hydrogen-bond donors (Lipinski definition) is 0. The van der Waals surface area contributed by atoms with Crippen LogP contribution < -0.4 is 0 Å². The number of benzene rings is 1. The molecule has 0 aromatic heterocycles. The smallest absolute Gasteiger partial charge is 0.377 e. The molecule has 1 atom stereocenters. The van der Waals surface area contributed by atoms with E-state index in [-0.39, 0.29) is 22.7 Å². The lowest BCUT2D eigenvalue weighted by atomic mass is 9.75. The third-order valence-electron chi connectivity index (χ3n) is 7.28. The van der Waals surface area contributed by atoms with Crippen LogP contribution in [-0.2, 0) is 32.4 Å². The zero-order chi connectivity index (χ0) is 26.1. The minimum Gasteiger partial charge on any atom is -0.377 e. The lowest BCUT2D eigenvalue weighted by molar-refractivity contribution is -0.127. The lowest BCUT2D eigenvalue weighted by Gasteiger charge is -2.29. The van der Waals surface area contributed by atoms with Gasteiger partial charge in [-0.1, -0.05) is 52.2 Å². The monoisotopic (exact) mass is 528 g/mol. The van der Waals surface area contributed by atoms with E-state index in [1.807, 2.05) is 26.0 Å². The molecule has 7 nitrogen and oxygen atoms in total. The lowest BCUT2D eigenvalue weighted by Crippen LogP contribution is -2.42. The van der Waals surface area contributed by atoms with E-state index in [0.29, 0.717) is 25.3 Å². The molecule has 0 N–H and O–H groups in total. The molecule has 35 heavy (non-hydrogen) atoms. The Morgan fingerprint density at radius 1 is 1.03 bits per heavy atom. The van der Waals surface area contributed by atoms with Crippen LogP contribution in [0.3, 0.4) is 0 Å². The van der Waals surface area contributed by atoms with Gasteiger partial charge in [-0.05, 0) is 55.7 Å². The highest BCUT2D eigenvalue weighted by molar-refractivity contribution is 7.86. The first-order chi connectivity index (χ1) is 16.5. The Hall–Kier alpha value is -1.10. The SMILES string of the molecule is CCC(CC(C)(C)C(=O)CCC[Si](OC)(OC)OC)c1ccc(S(=O)(=O)OC2CCCCC2)cc1. The second-order valence-electron chi connectivity index (χ2n) is 10.1. The minimum absolute atomic E-state index is 0.148. The first kappa shape index (κ1) is 30.1. The number of carbonyl (C=O) groups is 1. The Morgan fingerprint density at radius 3 is 2.11 bits per heavy atom.